The van der Waals surface area contributed by atoms with E-state index in [9.17, 15) is 19.2 Å². The number of nitrogens with two attached hydrogens (primary N) is 2. The molecule has 1 aliphatic heterocycles. The van der Waals surface area contributed by atoms with Gasteiger partial charge in [0.05, 0.1) is 18.8 Å². The number of hydrogen-bond donors (Lipinski definition) is 3. The Hall–Kier alpha value is -3.17. The van der Waals surface area contributed by atoms with Crippen LogP contribution in [0.1, 0.15) is 42.9 Å². The molecule has 168 valence electrons. The normalized spacial score (nSPS) is 28.5. The van der Waals surface area contributed by atoms with Crippen molar-refractivity contribution in [1.82, 2.24) is 9.97 Å². The van der Waals surface area contributed by atoms with Crippen LogP contribution in [0.25, 0.3) is 0 Å². The van der Waals surface area contributed by atoms with Crippen molar-refractivity contribution in [3.63, 3.8) is 0 Å². The molecule has 0 bridgehead atoms. The van der Waals surface area contributed by atoms with Crippen LogP contribution in [0.4, 0.5) is 0 Å². The maximum absolute atomic E-state index is 14.1. The number of benzene rings is 1. The molecule has 1 saturated heterocycles. The molecule has 2 heterocycles. The highest BCUT2D eigenvalue weighted by Crippen LogP contribution is 2.42. The topological polar surface area (TPSA) is 149 Å². The molecule has 32 heavy (non-hydrogen) atoms. The predicted octanol–water partition coefficient (Wildman–Crippen LogP) is 0.560. The molecule has 2 aromatic rings. The van der Waals surface area contributed by atoms with Crippen molar-refractivity contribution in [2.45, 2.75) is 50.1 Å². The largest absolute Gasteiger partial charge is 0.364 e. The second-order valence-corrected chi connectivity index (χ2v) is 8.79. The van der Waals surface area contributed by atoms with E-state index in [2.05, 4.69) is 9.97 Å². The van der Waals surface area contributed by atoms with Crippen LogP contribution in [0.2, 0.25) is 0 Å². The van der Waals surface area contributed by atoms with Gasteiger partial charge in [0, 0.05) is 49.9 Å². The minimum absolute atomic E-state index is 0.0283. The number of aromatic amines is 1. The number of nitrogens with zero attached hydrogens (tertiary/aromatic N) is 2. The quantitative estimate of drug-likeness (QED) is 0.561. The molecule has 4 rings (SSSR count). The highest BCUT2D eigenvalue weighted by molar-refractivity contribution is 5.97. The standard InChI is InChI=1S/C23H27N5O4/c24-19(9-15-12-26-13-27-15)23(32)28(8-4-7-20(28)21(25)30)22(31)18-11-16(29)10-17(18)14-5-2-1-3-6-14/h1-3,5-6,12-13,17-20H,4,7-11,24H2,(H2-,25,26,27,30)/p+1/t17?,18?,19-,20-,28?/m0/s1. The molecule has 3 unspecified atom stereocenters. The van der Waals surface area contributed by atoms with E-state index < -0.39 is 40.2 Å². The molecule has 9 nitrogen and oxygen atoms in total. The van der Waals surface area contributed by atoms with Crippen molar-refractivity contribution in [1.29, 1.82) is 0 Å². The van der Waals surface area contributed by atoms with Crippen LogP contribution in [0.5, 0.6) is 0 Å². The second kappa shape index (κ2) is 8.76. The summed E-state index contributed by atoms with van der Waals surface area (Å²) in [4.78, 5) is 59.4. The first-order chi connectivity index (χ1) is 15.3. The second-order valence-electron chi connectivity index (χ2n) is 8.79. The molecule has 2 fully saturated rings. The lowest BCUT2D eigenvalue weighted by molar-refractivity contribution is -0.784. The summed E-state index contributed by atoms with van der Waals surface area (Å²) in [5, 5.41) is 0. The fourth-order valence-corrected chi connectivity index (χ4v) is 5.39. The number of rotatable bonds is 6. The monoisotopic (exact) mass is 438 g/mol. The van der Waals surface area contributed by atoms with E-state index in [1.807, 2.05) is 30.3 Å². The van der Waals surface area contributed by atoms with E-state index in [0.29, 0.717) is 18.5 Å². The SMILES string of the molecule is NC(=O)[C@@H]1CCC[N+]1(C(=O)C1CC(=O)CC1c1ccccc1)C(=O)[C@@H](N)Cc1cnc[nH]1. The number of carbonyl (C=O) groups is 4. The van der Waals surface area contributed by atoms with Gasteiger partial charge in [-0.1, -0.05) is 30.3 Å². The minimum atomic E-state index is -1.02. The van der Waals surface area contributed by atoms with Crippen LogP contribution in [-0.4, -0.2) is 56.6 Å². The summed E-state index contributed by atoms with van der Waals surface area (Å²) < 4.78 is -0.702. The first-order valence-corrected chi connectivity index (χ1v) is 10.9. The lowest BCUT2D eigenvalue weighted by Crippen LogP contribution is -2.68. The number of nitrogens with one attached hydrogen (secondary N) is 1. The molecule has 1 saturated carbocycles. The molecule has 5 N–H and O–H groups in total. The number of primary amides is 1. The molecular formula is C23H28N5O4+. The number of amides is 3. The maximum Gasteiger partial charge on any atom is 0.338 e. The number of H-pyrrole nitrogens is 1. The summed E-state index contributed by atoms with van der Waals surface area (Å²) in [6.07, 6.45) is 4.32. The van der Waals surface area contributed by atoms with Gasteiger partial charge in [-0.3, -0.25) is 9.59 Å². The summed E-state index contributed by atoms with van der Waals surface area (Å²) in [6, 6.07) is 7.35. The van der Waals surface area contributed by atoms with Crippen LogP contribution in [0.3, 0.4) is 0 Å². The third kappa shape index (κ3) is 3.78. The van der Waals surface area contributed by atoms with Crippen molar-refractivity contribution in [2.75, 3.05) is 6.54 Å². The van der Waals surface area contributed by atoms with Crippen molar-refractivity contribution < 1.29 is 23.7 Å². The summed E-state index contributed by atoms with van der Waals surface area (Å²) in [5.41, 5.74) is 13.5. The molecule has 9 heteroatoms. The lowest BCUT2D eigenvalue weighted by atomic mass is 9.86. The summed E-state index contributed by atoms with van der Waals surface area (Å²) >= 11 is 0. The highest BCUT2D eigenvalue weighted by atomic mass is 16.2. The minimum Gasteiger partial charge on any atom is -0.364 e. The van der Waals surface area contributed by atoms with Crippen molar-refractivity contribution in [2.24, 2.45) is 17.4 Å². The molecule has 1 aromatic carbocycles. The van der Waals surface area contributed by atoms with Gasteiger partial charge in [-0.25, -0.2) is 14.6 Å². The average molecular weight is 439 g/mol. The zero-order valence-electron chi connectivity index (χ0n) is 17.8. The third-order valence-electron chi connectivity index (χ3n) is 6.87. The maximum atomic E-state index is 14.1. The van der Waals surface area contributed by atoms with E-state index in [1.54, 1.807) is 6.20 Å². The Labute approximate surface area is 185 Å². The molecule has 2 aliphatic rings. The Morgan fingerprint density at radius 1 is 1.19 bits per heavy atom. The van der Waals surface area contributed by atoms with Gasteiger partial charge in [-0.15, -0.1) is 0 Å². The zero-order chi connectivity index (χ0) is 22.9. The molecule has 5 atom stereocenters. The van der Waals surface area contributed by atoms with Crippen molar-refractivity contribution in [3.05, 3.63) is 54.1 Å². The number of Topliss-reactive ketones (excluding diaryl/α,β-unsaturated/α-hetero) is 1. The number of imidazole rings is 1. The first kappa shape index (κ1) is 22.0. The summed E-state index contributed by atoms with van der Waals surface area (Å²) in [7, 11) is 0. The molecule has 1 aliphatic carbocycles. The Bertz CT molecular complexity index is 1020. The van der Waals surface area contributed by atoms with Gasteiger partial charge >= 0.3 is 11.8 Å². The van der Waals surface area contributed by atoms with E-state index in [1.165, 1.54) is 6.33 Å². The summed E-state index contributed by atoms with van der Waals surface area (Å²) in [5.74, 6) is -2.71. The highest BCUT2D eigenvalue weighted by Gasteiger charge is 2.61. The van der Waals surface area contributed by atoms with Gasteiger partial charge in [0.15, 0.2) is 6.04 Å². The van der Waals surface area contributed by atoms with Crippen molar-refractivity contribution in [3.8, 4) is 0 Å². The van der Waals surface area contributed by atoms with Crippen molar-refractivity contribution >= 4 is 23.5 Å². The molecule has 3 amide bonds. The number of hydrogen-bond acceptors (Lipinski definition) is 6. The zero-order valence-corrected chi connectivity index (χ0v) is 17.8. The predicted molar refractivity (Wildman–Crippen MR) is 115 cm³/mol. The molecule has 1 aromatic heterocycles. The van der Waals surface area contributed by atoms with Crippen LogP contribution in [-0.2, 0) is 25.6 Å². The fourth-order valence-electron chi connectivity index (χ4n) is 5.39. The van der Waals surface area contributed by atoms with Crippen LogP contribution < -0.4 is 11.5 Å². The van der Waals surface area contributed by atoms with Crippen LogP contribution in [0.15, 0.2) is 42.9 Å². The number of carbonyl (C=O) groups excluding carboxylic acids is 4. The first-order valence-electron chi connectivity index (χ1n) is 10.9. The van der Waals surface area contributed by atoms with Gasteiger partial charge in [0.1, 0.15) is 11.8 Å². The molecule has 0 radical (unpaired) electrons. The number of quaternary nitrogens is 1. The van der Waals surface area contributed by atoms with E-state index in [4.69, 9.17) is 11.5 Å². The number of likely N-dealkylation sites (tertiary alicyclic amines) is 1. The molecule has 0 spiro atoms. The smallest absolute Gasteiger partial charge is 0.338 e. The molecular weight excluding hydrogens is 410 g/mol. The van der Waals surface area contributed by atoms with Crippen LogP contribution >= 0.6 is 0 Å². The Balaban J connectivity index is 1.71. The summed E-state index contributed by atoms with van der Waals surface area (Å²) in [6.45, 7) is 0.161. The van der Waals surface area contributed by atoms with Gasteiger partial charge in [0.25, 0.3) is 5.91 Å². The Kier molecular flexibility index (Phi) is 6.03. The Morgan fingerprint density at radius 3 is 2.59 bits per heavy atom. The van der Waals surface area contributed by atoms with Gasteiger partial charge in [-0.05, 0) is 5.56 Å². The Morgan fingerprint density at radius 2 is 1.94 bits per heavy atom. The van der Waals surface area contributed by atoms with E-state index >= 15 is 0 Å². The lowest BCUT2D eigenvalue weighted by Gasteiger charge is -2.37. The van der Waals surface area contributed by atoms with Crippen LogP contribution in [0, 0.1) is 5.92 Å². The van der Waals surface area contributed by atoms with E-state index in [-0.39, 0.29) is 37.5 Å². The average Bonchev–Trinajstić information content (AvgIpc) is 3.53. The van der Waals surface area contributed by atoms with E-state index in [0.717, 1.165) is 5.56 Å². The fraction of sp³-hybridized carbons (Fsp3) is 0.435. The van der Waals surface area contributed by atoms with Gasteiger partial charge in [-0.2, -0.15) is 4.48 Å². The third-order valence-corrected chi connectivity index (χ3v) is 6.87. The van der Waals surface area contributed by atoms with Gasteiger partial charge < -0.3 is 16.5 Å². The van der Waals surface area contributed by atoms with Gasteiger partial charge in [0.2, 0.25) is 0 Å². The number of imide groups is 1. The number of ketones is 1. The number of aromatic nitrogens is 2.